The van der Waals surface area contributed by atoms with Crippen molar-refractivity contribution in [3.05, 3.63) is 29.8 Å². The standard InChI is InChI=1S/C10H13ClS/c1-2-3-6-9-7-4-5-8-10(9)12-11/h4-5,7-8H,2-3,6H2,1H3. The lowest BCUT2D eigenvalue weighted by molar-refractivity contribution is 0.785. The highest BCUT2D eigenvalue weighted by molar-refractivity contribution is 8.21. The summed E-state index contributed by atoms with van der Waals surface area (Å²) in [6, 6.07) is 8.32. The van der Waals surface area contributed by atoms with E-state index in [0.717, 1.165) is 6.42 Å². The van der Waals surface area contributed by atoms with E-state index in [1.165, 1.54) is 34.3 Å². The lowest BCUT2D eigenvalue weighted by atomic mass is 10.1. The van der Waals surface area contributed by atoms with E-state index in [-0.39, 0.29) is 0 Å². The maximum absolute atomic E-state index is 5.73. The molecule has 0 atom stereocenters. The highest BCUT2D eigenvalue weighted by atomic mass is 35.7. The van der Waals surface area contributed by atoms with Gasteiger partial charge in [0.2, 0.25) is 0 Å². The van der Waals surface area contributed by atoms with Gasteiger partial charge in [-0.15, -0.1) is 0 Å². The molecular formula is C10H13ClS. The minimum absolute atomic E-state index is 1.15. The summed E-state index contributed by atoms with van der Waals surface area (Å²) in [7, 11) is 7.05. The Morgan fingerprint density at radius 2 is 2.08 bits per heavy atom. The number of unbranched alkanes of at least 4 members (excludes halogenated alkanes) is 1. The van der Waals surface area contributed by atoms with Crippen molar-refractivity contribution in [1.29, 1.82) is 0 Å². The van der Waals surface area contributed by atoms with E-state index in [1.54, 1.807) is 0 Å². The summed E-state index contributed by atoms with van der Waals surface area (Å²) in [6.45, 7) is 2.20. The summed E-state index contributed by atoms with van der Waals surface area (Å²) >= 11 is 0. The summed E-state index contributed by atoms with van der Waals surface area (Å²) in [6.07, 6.45) is 3.63. The van der Waals surface area contributed by atoms with Crippen LogP contribution in [-0.4, -0.2) is 0 Å². The molecule has 0 aliphatic heterocycles. The Balaban J connectivity index is 2.68. The van der Waals surface area contributed by atoms with Crippen LogP contribution in [-0.2, 0) is 6.42 Å². The zero-order valence-electron chi connectivity index (χ0n) is 7.22. The van der Waals surface area contributed by atoms with Crippen LogP contribution in [0.15, 0.2) is 29.2 Å². The molecule has 0 bridgehead atoms. The largest absolute Gasteiger partial charge is 0.0654 e. The van der Waals surface area contributed by atoms with Gasteiger partial charge in [-0.05, 0) is 46.1 Å². The molecule has 0 saturated heterocycles. The zero-order chi connectivity index (χ0) is 8.81. The van der Waals surface area contributed by atoms with Crippen LogP contribution >= 0.6 is 21.7 Å². The van der Waals surface area contributed by atoms with Crippen molar-refractivity contribution >= 4 is 21.7 Å². The van der Waals surface area contributed by atoms with E-state index >= 15 is 0 Å². The average molecular weight is 201 g/mol. The van der Waals surface area contributed by atoms with Crippen LogP contribution in [0.4, 0.5) is 0 Å². The molecule has 0 aliphatic carbocycles. The van der Waals surface area contributed by atoms with Crippen molar-refractivity contribution in [2.24, 2.45) is 0 Å². The molecule has 1 aromatic rings. The van der Waals surface area contributed by atoms with Gasteiger partial charge in [0.05, 0.1) is 0 Å². The molecule has 0 amide bonds. The molecule has 0 saturated carbocycles. The van der Waals surface area contributed by atoms with Gasteiger partial charge in [-0.1, -0.05) is 31.5 Å². The van der Waals surface area contributed by atoms with Crippen molar-refractivity contribution in [2.45, 2.75) is 31.1 Å². The van der Waals surface area contributed by atoms with Crippen LogP contribution < -0.4 is 0 Å². The molecule has 0 heterocycles. The maximum Gasteiger partial charge on any atom is 0.0265 e. The first-order valence-electron chi connectivity index (χ1n) is 4.25. The van der Waals surface area contributed by atoms with Crippen molar-refractivity contribution < 1.29 is 0 Å². The maximum atomic E-state index is 5.73. The van der Waals surface area contributed by atoms with Gasteiger partial charge in [-0.25, -0.2) is 0 Å². The smallest absolute Gasteiger partial charge is 0.0265 e. The number of halogens is 1. The third-order valence-corrected chi connectivity index (χ3v) is 2.92. The second-order valence-electron chi connectivity index (χ2n) is 2.79. The van der Waals surface area contributed by atoms with E-state index < -0.39 is 0 Å². The van der Waals surface area contributed by atoms with E-state index in [1.807, 2.05) is 6.07 Å². The summed E-state index contributed by atoms with van der Waals surface area (Å²) < 4.78 is 0. The van der Waals surface area contributed by atoms with Gasteiger partial charge in [-0.2, -0.15) is 0 Å². The molecule has 2 heteroatoms. The fourth-order valence-electron chi connectivity index (χ4n) is 1.15. The second kappa shape index (κ2) is 5.50. The van der Waals surface area contributed by atoms with Gasteiger partial charge >= 0.3 is 0 Å². The molecule has 1 rings (SSSR count). The molecule has 0 aromatic heterocycles. The SMILES string of the molecule is CCCCc1ccccc1SCl. The topological polar surface area (TPSA) is 0 Å². The third kappa shape index (κ3) is 2.72. The number of aryl methyl sites for hydroxylation is 1. The predicted octanol–water partition coefficient (Wildman–Crippen LogP) is 4.28. The van der Waals surface area contributed by atoms with Crippen LogP contribution in [0.2, 0.25) is 0 Å². The van der Waals surface area contributed by atoms with Gasteiger partial charge in [-0.3, -0.25) is 0 Å². The fraction of sp³-hybridized carbons (Fsp3) is 0.400. The van der Waals surface area contributed by atoms with E-state index in [2.05, 4.69) is 25.1 Å². The summed E-state index contributed by atoms with van der Waals surface area (Å²) in [5.74, 6) is 0. The minimum Gasteiger partial charge on any atom is -0.0654 e. The summed E-state index contributed by atoms with van der Waals surface area (Å²) in [4.78, 5) is 1.20. The molecule has 0 fully saturated rings. The predicted molar refractivity (Wildman–Crippen MR) is 56.8 cm³/mol. The lowest BCUT2D eigenvalue weighted by Crippen LogP contribution is -1.86. The van der Waals surface area contributed by atoms with Crippen LogP contribution in [0.1, 0.15) is 25.3 Å². The highest BCUT2D eigenvalue weighted by Gasteiger charge is 1.99. The quantitative estimate of drug-likeness (QED) is 0.700. The van der Waals surface area contributed by atoms with E-state index in [4.69, 9.17) is 10.7 Å². The van der Waals surface area contributed by atoms with E-state index in [0.29, 0.717) is 0 Å². The van der Waals surface area contributed by atoms with Crippen LogP contribution in [0.5, 0.6) is 0 Å². The first kappa shape index (κ1) is 9.94. The van der Waals surface area contributed by atoms with Gasteiger partial charge in [0.15, 0.2) is 0 Å². The summed E-state index contributed by atoms with van der Waals surface area (Å²) in [5, 5.41) is 0. The van der Waals surface area contributed by atoms with Gasteiger partial charge in [0.1, 0.15) is 0 Å². The Morgan fingerprint density at radius 3 is 2.75 bits per heavy atom. The molecule has 0 radical (unpaired) electrons. The first-order chi connectivity index (χ1) is 5.88. The minimum atomic E-state index is 1.15. The van der Waals surface area contributed by atoms with Gasteiger partial charge < -0.3 is 0 Å². The Morgan fingerprint density at radius 1 is 1.33 bits per heavy atom. The third-order valence-electron chi connectivity index (χ3n) is 1.86. The monoisotopic (exact) mass is 200 g/mol. The average Bonchev–Trinajstić information content (AvgIpc) is 2.15. The Labute approximate surface area is 82.8 Å². The lowest BCUT2D eigenvalue weighted by Gasteiger charge is -2.03. The van der Waals surface area contributed by atoms with Gasteiger partial charge in [0, 0.05) is 4.90 Å². The number of hydrogen-bond acceptors (Lipinski definition) is 1. The number of rotatable bonds is 4. The fourth-order valence-corrected chi connectivity index (χ4v) is 2.00. The number of benzene rings is 1. The van der Waals surface area contributed by atoms with Crippen LogP contribution in [0, 0.1) is 0 Å². The van der Waals surface area contributed by atoms with Gasteiger partial charge in [0.25, 0.3) is 0 Å². The Hall–Kier alpha value is -0.140. The highest BCUT2D eigenvalue weighted by Crippen LogP contribution is 2.26. The van der Waals surface area contributed by atoms with Crippen molar-refractivity contribution in [1.82, 2.24) is 0 Å². The van der Waals surface area contributed by atoms with Crippen LogP contribution in [0.3, 0.4) is 0 Å². The molecule has 0 aliphatic rings. The van der Waals surface area contributed by atoms with Crippen molar-refractivity contribution in [2.75, 3.05) is 0 Å². The molecule has 0 N–H and O–H groups in total. The van der Waals surface area contributed by atoms with Crippen LogP contribution in [0.25, 0.3) is 0 Å². The molecule has 1 aromatic carbocycles. The molecular weight excluding hydrogens is 188 g/mol. The normalized spacial score (nSPS) is 10.2. The molecule has 66 valence electrons. The summed E-state index contributed by atoms with van der Waals surface area (Å²) in [5.41, 5.74) is 1.37. The molecule has 0 nitrogen and oxygen atoms in total. The number of hydrogen-bond donors (Lipinski definition) is 0. The van der Waals surface area contributed by atoms with E-state index in [9.17, 15) is 0 Å². The Bertz CT molecular complexity index is 235. The second-order valence-corrected chi connectivity index (χ2v) is 3.85. The Kier molecular flexibility index (Phi) is 4.55. The van der Waals surface area contributed by atoms with Crippen molar-refractivity contribution in [3.63, 3.8) is 0 Å². The van der Waals surface area contributed by atoms with Crippen molar-refractivity contribution in [3.8, 4) is 0 Å². The molecule has 12 heavy (non-hydrogen) atoms. The first-order valence-corrected chi connectivity index (χ1v) is 5.89. The molecule has 0 unspecified atom stereocenters. The zero-order valence-corrected chi connectivity index (χ0v) is 8.79. The molecule has 0 spiro atoms.